The highest BCUT2D eigenvalue weighted by molar-refractivity contribution is 5.68. The maximum atomic E-state index is 11.8. The molecule has 4 nitrogen and oxygen atoms in total. The first kappa shape index (κ1) is 12.3. The Bertz CT molecular complexity index is 223. The van der Waals surface area contributed by atoms with E-state index >= 15 is 0 Å². The van der Waals surface area contributed by atoms with Gasteiger partial charge >= 0.3 is 6.09 Å². The number of carbonyl (C=O) groups excluding carboxylic acids is 1. The van der Waals surface area contributed by atoms with Gasteiger partial charge in [0.25, 0.3) is 0 Å². The lowest BCUT2D eigenvalue weighted by atomic mass is 10.2. The Labute approximate surface area is 92.2 Å². The molecule has 0 saturated carbocycles. The van der Waals surface area contributed by atoms with Crippen molar-refractivity contribution in [2.45, 2.75) is 39.7 Å². The molecule has 0 aromatic carbocycles. The Hall–Kier alpha value is -0.770. The average molecular weight is 214 g/mol. The fraction of sp³-hybridized carbons (Fsp3) is 0.909. The molecule has 0 radical (unpaired) electrons. The molecule has 0 aromatic rings. The summed E-state index contributed by atoms with van der Waals surface area (Å²) in [4.78, 5) is 15.8. The minimum Gasteiger partial charge on any atom is -0.444 e. The quantitative estimate of drug-likeness (QED) is 0.668. The van der Waals surface area contributed by atoms with Gasteiger partial charge < -0.3 is 4.74 Å². The van der Waals surface area contributed by atoms with Crippen LogP contribution in [0, 0.1) is 0 Å². The van der Waals surface area contributed by atoms with Crippen LogP contribution in [-0.4, -0.2) is 47.8 Å². The third-order valence-corrected chi connectivity index (χ3v) is 2.37. The van der Waals surface area contributed by atoms with E-state index in [1.807, 2.05) is 20.8 Å². The van der Waals surface area contributed by atoms with Crippen molar-refractivity contribution in [2.24, 2.45) is 0 Å². The number of carbonyl (C=O) groups is 1. The lowest BCUT2D eigenvalue weighted by Gasteiger charge is -2.35. The predicted octanol–water partition coefficient (Wildman–Crippen LogP) is 1.91. The smallest absolute Gasteiger partial charge is 0.411 e. The second-order valence-corrected chi connectivity index (χ2v) is 4.95. The van der Waals surface area contributed by atoms with Crippen LogP contribution in [-0.2, 0) is 4.74 Å². The van der Waals surface area contributed by atoms with Crippen LogP contribution in [0.15, 0.2) is 0 Å². The summed E-state index contributed by atoms with van der Waals surface area (Å²) in [5, 5.41) is 0. The maximum Gasteiger partial charge on any atom is 0.411 e. The zero-order valence-electron chi connectivity index (χ0n) is 10.2. The van der Waals surface area contributed by atoms with Gasteiger partial charge in [-0.1, -0.05) is 6.92 Å². The molecule has 1 saturated heterocycles. The van der Waals surface area contributed by atoms with Crippen molar-refractivity contribution in [1.82, 2.24) is 9.80 Å². The molecule has 0 aliphatic carbocycles. The lowest BCUT2D eigenvalue weighted by Crippen LogP contribution is -2.48. The van der Waals surface area contributed by atoms with Crippen LogP contribution in [0.5, 0.6) is 0 Å². The lowest BCUT2D eigenvalue weighted by molar-refractivity contribution is 0.00350. The van der Waals surface area contributed by atoms with Crippen molar-refractivity contribution in [3.05, 3.63) is 0 Å². The van der Waals surface area contributed by atoms with Gasteiger partial charge in [0, 0.05) is 13.1 Å². The second-order valence-electron chi connectivity index (χ2n) is 4.95. The predicted molar refractivity (Wildman–Crippen MR) is 59.7 cm³/mol. The molecular weight excluding hydrogens is 192 g/mol. The molecule has 1 heterocycles. The van der Waals surface area contributed by atoms with E-state index in [1.165, 1.54) is 0 Å². The van der Waals surface area contributed by atoms with E-state index in [0.717, 1.165) is 26.1 Å². The van der Waals surface area contributed by atoms with Gasteiger partial charge in [0.2, 0.25) is 0 Å². The van der Waals surface area contributed by atoms with Crippen LogP contribution < -0.4 is 0 Å². The van der Waals surface area contributed by atoms with E-state index < -0.39 is 5.60 Å². The van der Waals surface area contributed by atoms with E-state index in [0.29, 0.717) is 6.67 Å². The molecule has 0 N–H and O–H groups in total. The van der Waals surface area contributed by atoms with Crippen molar-refractivity contribution < 1.29 is 9.53 Å². The van der Waals surface area contributed by atoms with Gasteiger partial charge in [-0.2, -0.15) is 0 Å². The van der Waals surface area contributed by atoms with E-state index in [1.54, 1.807) is 4.90 Å². The average Bonchev–Trinajstić information content (AvgIpc) is 2.15. The minimum absolute atomic E-state index is 0.194. The molecule has 88 valence electrons. The molecule has 1 aliphatic heterocycles. The number of amides is 1. The third-order valence-electron chi connectivity index (χ3n) is 2.37. The summed E-state index contributed by atoms with van der Waals surface area (Å²) in [6, 6.07) is 0. The highest BCUT2D eigenvalue weighted by atomic mass is 16.6. The van der Waals surface area contributed by atoms with E-state index in [4.69, 9.17) is 4.74 Å². The molecule has 0 bridgehead atoms. The molecule has 15 heavy (non-hydrogen) atoms. The number of rotatable bonds is 1. The van der Waals surface area contributed by atoms with Crippen molar-refractivity contribution >= 4 is 6.09 Å². The summed E-state index contributed by atoms with van der Waals surface area (Å²) in [5.74, 6) is 0. The first-order chi connectivity index (χ1) is 6.92. The van der Waals surface area contributed by atoms with Gasteiger partial charge in [-0.25, -0.2) is 4.79 Å². The highest BCUT2D eigenvalue weighted by Crippen LogP contribution is 2.13. The largest absolute Gasteiger partial charge is 0.444 e. The molecular formula is C11H22N2O2. The van der Waals surface area contributed by atoms with Crippen molar-refractivity contribution in [3.8, 4) is 0 Å². The van der Waals surface area contributed by atoms with Crippen molar-refractivity contribution in [1.29, 1.82) is 0 Å². The van der Waals surface area contributed by atoms with Gasteiger partial charge in [0.05, 0.1) is 6.67 Å². The number of nitrogens with zero attached hydrogens (tertiary/aromatic N) is 2. The fourth-order valence-electron chi connectivity index (χ4n) is 1.60. The van der Waals surface area contributed by atoms with Gasteiger partial charge in [-0.15, -0.1) is 0 Å². The van der Waals surface area contributed by atoms with Gasteiger partial charge in [0.15, 0.2) is 0 Å². The summed E-state index contributed by atoms with van der Waals surface area (Å²) in [7, 11) is 0. The molecule has 1 fully saturated rings. The number of hydrogen-bond donors (Lipinski definition) is 0. The minimum atomic E-state index is -0.397. The second kappa shape index (κ2) is 4.84. The van der Waals surface area contributed by atoms with E-state index in [-0.39, 0.29) is 6.09 Å². The first-order valence-corrected chi connectivity index (χ1v) is 5.62. The Kier molecular flexibility index (Phi) is 3.97. The molecule has 1 rings (SSSR count). The van der Waals surface area contributed by atoms with Crippen molar-refractivity contribution in [2.75, 3.05) is 26.3 Å². The Balaban J connectivity index is 2.45. The molecule has 0 aromatic heterocycles. The summed E-state index contributed by atoms with van der Waals surface area (Å²) < 4.78 is 5.33. The molecule has 1 amide bonds. The zero-order chi connectivity index (χ0) is 11.5. The summed E-state index contributed by atoms with van der Waals surface area (Å²) in [6.07, 6.45) is 0.841. The fourth-order valence-corrected chi connectivity index (χ4v) is 1.60. The highest BCUT2D eigenvalue weighted by Gasteiger charge is 2.25. The summed E-state index contributed by atoms with van der Waals surface area (Å²) in [5.41, 5.74) is -0.397. The van der Waals surface area contributed by atoms with Crippen LogP contribution >= 0.6 is 0 Å². The molecule has 4 heteroatoms. The van der Waals surface area contributed by atoms with E-state index in [2.05, 4.69) is 11.8 Å². The molecule has 0 spiro atoms. The van der Waals surface area contributed by atoms with Crippen LogP contribution in [0.1, 0.15) is 34.1 Å². The van der Waals surface area contributed by atoms with E-state index in [9.17, 15) is 4.79 Å². The van der Waals surface area contributed by atoms with Gasteiger partial charge in [0.1, 0.15) is 5.60 Å². The normalized spacial score (nSPS) is 19.1. The van der Waals surface area contributed by atoms with Crippen LogP contribution in [0.2, 0.25) is 0 Å². The summed E-state index contributed by atoms with van der Waals surface area (Å²) >= 11 is 0. The monoisotopic (exact) mass is 214 g/mol. The Morgan fingerprint density at radius 3 is 2.53 bits per heavy atom. The van der Waals surface area contributed by atoms with Crippen LogP contribution in [0.4, 0.5) is 4.79 Å². The number of hydrogen-bond acceptors (Lipinski definition) is 3. The standard InChI is InChI=1S/C11H22N2O2/c1-5-12-7-6-8-13(9-12)10(14)15-11(2,3)4/h5-9H2,1-4H3. The molecule has 0 unspecified atom stereocenters. The first-order valence-electron chi connectivity index (χ1n) is 5.62. The third kappa shape index (κ3) is 4.08. The van der Waals surface area contributed by atoms with Gasteiger partial charge in [-0.3, -0.25) is 9.80 Å². The van der Waals surface area contributed by atoms with Crippen LogP contribution in [0.25, 0.3) is 0 Å². The molecule has 0 atom stereocenters. The SMILES string of the molecule is CCN1CCCN(C(=O)OC(C)(C)C)C1. The Morgan fingerprint density at radius 2 is 2.00 bits per heavy atom. The maximum absolute atomic E-state index is 11.8. The van der Waals surface area contributed by atoms with Gasteiger partial charge in [-0.05, 0) is 33.7 Å². The summed E-state index contributed by atoms with van der Waals surface area (Å²) in [6.45, 7) is 11.4. The Morgan fingerprint density at radius 1 is 1.33 bits per heavy atom. The number of ether oxygens (including phenoxy) is 1. The topological polar surface area (TPSA) is 32.8 Å². The van der Waals surface area contributed by atoms with Crippen molar-refractivity contribution in [3.63, 3.8) is 0 Å². The molecule has 1 aliphatic rings. The van der Waals surface area contributed by atoms with Crippen LogP contribution in [0.3, 0.4) is 0 Å². The zero-order valence-corrected chi connectivity index (χ0v) is 10.2.